The van der Waals surface area contributed by atoms with Gasteiger partial charge in [0.25, 0.3) is 5.91 Å². The zero-order valence-corrected chi connectivity index (χ0v) is 8.44. The van der Waals surface area contributed by atoms with E-state index in [9.17, 15) is 9.18 Å². The lowest BCUT2D eigenvalue weighted by Gasteiger charge is -1.96. The lowest BCUT2D eigenvalue weighted by atomic mass is 10.1. The smallest absolute Gasteiger partial charge is 0.275 e. The summed E-state index contributed by atoms with van der Waals surface area (Å²) in [5, 5.41) is 8.71. The van der Waals surface area contributed by atoms with Crippen LogP contribution in [0.4, 0.5) is 16.0 Å². The van der Waals surface area contributed by atoms with Gasteiger partial charge in [0.05, 0.1) is 5.69 Å². The SMILES string of the molecule is O=C1Nc2ccc(F)cc2/C1=N/c1ncn[nH]1. The van der Waals surface area contributed by atoms with E-state index in [2.05, 4.69) is 25.5 Å². The molecule has 3 rings (SSSR count). The number of anilines is 1. The second-order valence-electron chi connectivity index (χ2n) is 3.41. The molecule has 1 amide bonds. The molecule has 1 aromatic carbocycles. The van der Waals surface area contributed by atoms with Crippen LogP contribution in [-0.2, 0) is 4.79 Å². The van der Waals surface area contributed by atoms with Gasteiger partial charge in [-0.05, 0) is 18.2 Å². The van der Waals surface area contributed by atoms with Crippen molar-refractivity contribution >= 4 is 23.3 Å². The first-order valence-electron chi connectivity index (χ1n) is 4.79. The van der Waals surface area contributed by atoms with Gasteiger partial charge >= 0.3 is 0 Å². The number of aromatic amines is 1. The number of halogens is 1. The number of hydrogen-bond acceptors (Lipinski definition) is 4. The number of carbonyl (C=O) groups is 1. The van der Waals surface area contributed by atoms with Crippen LogP contribution in [0, 0.1) is 5.82 Å². The van der Waals surface area contributed by atoms with Crippen LogP contribution in [0.2, 0.25) is 0 Å². The fourth-order valence-electron chi connectivity index (χ4n) is 1.60. The molecule has 0 saturated carbocycles. The van der Waals surface area contributed by atoms with Crippen LogP contribution in [-0.4, -0.2) is 26.8 Å². The number of fused-ring (bicyclic) bond motifs is 1. The molecular weight excluding hydrogens is 225 g/mol. The van der Waals surface area contributed by atoms with E-state index in [1.807, 2.05) is 0 Å². The zero-order valence-electron chi connectivity index (χ0n) is 8.44. The monoisotopic (exact) mass is 231 g/mol. The summed E-state index contributed by atoms with van der Waals surface area (Å²) < 4.78 is 13.1. The number of nitrogens with zero attached hydrogens (tertiary/aromatic N) is 3. The molecule has 0 atom stereocenters. The molecule has 17 heavy (non-hydrogen) atoms. The number of amides is 1. The Hall–Kier alpha value is -2.57. The van der Waals surface area contributed by atoms with Gasteiger partial charge in [-0.1, -0.05) is 0 Å². The van der Waals surface area contributed by atoms with Crippen LogP contribution < -0.4 is 5.32 Å². The van der Waals surface area contributed by atoms with Crippen LogP contribution >= 0.6 is 0 Å². The van der Waals surface area contributed by atoms with Gasteiger partial charge in [0.1, 0.15) is 17.9 Å². The maximum atomic E-state index is 13.1. The highest BCUT2D eigenvalue weighted by atomic mass is 19.1. The highest BCUT2D eigenvalue weighted by Crippen LogP contribution is 2.25. The zero-order chi connectivity index (χ0) is 11.8. The second kappa shape index (κ2) is 3.48. The molecule has 0 bridgehead atoms. The van der Waals surface area contributed by atoms with E-state index in [4.69, 9.17) is 0 Å². The van der Waals surface area contributed by atoms with E-state index in [1.165, 1.54) is 24.5 Å². The summed E-state index contributed by atoms with van der Waals surface area (Å²) in [6.07, 6.45) is 1.28. The summed E-state index contributed by atoms with van der Waals surface area (Å²) in [4.78, 5) is 19.4. The third kappa shape index (κ3) is 1.57. The maximum Gasteiger partial charge on any atom is 0.275 e. The quantitative estimate of drug-likeness (QED) is 0.768. The van der Waals surface area contributed by atoms with Crippen molar-refractivity contribution in [2.75, 3.05) is 5.32 Å². The summed E-state index contributed by atoms with van der Waals surface area (Å²) in [5.41, 5.74) is 1.08. The average Bonchev–Trinajstić information content (AvgIpc) is 2.90. The lowest BCUT2D eigenvalue weighted by Crippen LogP contribution is -2.14. The summed E-state index contributed by atoms with van der Waals surface area (Å²) in [6, 6.07) is 4.02. The number of rotatable bonds is 1. The van der Waals surface area contributed by atoms with Crippen molar-refractivity contribution in [3.63, 3.8) is 0 Å². The summed E-state index contributed by atoms with van der Waals surface area (Å²) >= 11 is 0. The summed E-state index contributed by atoms with van der Waals surface area (Å²) in [5.74, 6) is -0.611. The minimum Gasteiger partial charge on any atom is -0.320 e. The molecule has 2 N–H and O–H groups in total. The number of benzene rings is 1. The fourth-order valence-corrected chi connectivity index (χ4v) is 1.60. The van der Waals surface area contributed by atoms with Crippen LogP contribution in [0.25, 0.3) is 0 Å². The largest absolute Gasteiger partial charge is 0.320 e. The van der Waals surface area contributed by atoms with Crippen molar-refractivity contribution < 1.29 is 9.18 Å². The van der Waals surface area contributed by atoms with Crippen molar-refractivity contribution in [2.45, 2.75) is 0 Å². The van der Waals surface area contributed by atoms with E-state index < -0.39 is 5.82 Å². The van der Waals surface area contributed by atoms with Gasteiger partial charge in [0.2, 0.25) is 5.95 Å². The Morgan fingerprint density at radius 2 is 2.24 bits per heavy atom. The van der Waals surface area contributed by atoms with Crippen molar-refractivity contribution in [1.82, 2.24) is 15.2 Å². The average molecular weight is 231 g/mol. The maximum absolute atomic E-state index is 13.1. The summed E-state index contributed by atoms with van der Waals surface area (Å²) in [6.45, 7) is 0. The minimum absolute atomic E-state index is 0.122. The minimum atomic E-state index is -0.425. The highest BCUT2D eigenvalue weighted by Gasteiger charge is 2.26. The molecule has 0 radical (unpaired) electrons. The third-order valence-corrected chi connectivity index (χ3v) is 2.32. The number of nitrogens with one attached hydrogen (secondary N) is 2. The number of carbonyl (C=O) groups excluding carboxylic acids is 1. The molecule has 1 aliphatic heterocycles. The Bertz CT molecular complexity index is 620. The van der Waals surface area contributed by atoms with Gasteiger partial charge in [0, 0.05) is 5.56 Å². The fraction of sp³-hybridized carbons (Fsp3) is 0. The molecule has 0 spiro atoms. The summed E-state index contributed by atoms with van der Waals surface area (Å²) in [7, 11) is 0. The van der Waals surface area contributed by atoms with Gasteiger partial charge in [-0.2, -0.15) is 10.1 Å². The van der Waals surface area contributed by atoms with Crippen LogP contribution in [0.3, 0.4) is 0 Å². The predicted octanol–water partition coefficient (Wildman–Crippen LogP) is 1.02. The van der Waals surface area contributed by atoms with Crippen LogP contribution in [0.1, 0.15) is 5.56 Å². The molecule has 2 aromatic rings. The van der Waals surface area contributed by atoms with Gasteiger partial charge in [0.15, 0.2) is 0 Å². The lowest BCUT2D eigenvalue weighted by molar-refractivity contribution is -0.110. The Balaban J connectivity index is 2.13. The molecule has 0 saturated heterocycles. The first-order chi connectivity index (χ1) is 8.24. The van der Waals surface area contributed by atoms with E-state index in [-0.39, 0.29) is 17.6 Å². The van der Waals surface area contributed by atoms with E-state index in [0.29, 0.717) is 11.3 Å². The highest BCUT2D eigenvalue weighted by molar-refractivity contribution is 6.54. The molecule has 1 aliphatic rings. The van der Waals surface area contributed by atoms with Crippen LogP contribution in [0.15, 0.2) is 29.5 Å². The molecule has 84 valence electrons. The van der Waals surface area contributed by atoms with Crippen molar-refractivity contribution in [3.8, 4) is 0 Å². The topological polar surface area (TPSA) is 83.0 Å². The van der Waals surface area contributed by atoms with Crippen LogP contribution in [0.5, 0.6) is 0 Å². The van der Waals surface area contributed by atoms with Crippen molar-refractivity contribution in [2.24, 2.45) is 4.99 Å². The van der Waals surface area contributed by atoms with Gasteiger partial charge < -0.3 is 5.32 Å². The normalized spacial score (nSPS) is 16.1. The molecule has 0 aliphatic carbocycles. The molecule has 0 fully saturated rings. The standard InChI is InChI=1S/C10H6FN5O/c11-5-1-2-7-6(3-5)8(9(17)14-7)15-10-12-4-13-16-10/h1-4H,(H2,12,13,14,15,16,17). The molecule has 2 heterocycles. The Kier molecular flexibility index (Phi) is 1.97. The third-order valence-electron chi connectivity index (χ3n) is 2.32. The molecule has 6 nitrogen and oxygen atoms in total. The first kappa shape index (κ1) is 9.64. The Morgan fingerprint density at radius 3 is 3.00 bits per heavy atom. The van der Waals surface area contributed by atoms with Gasteiger partial charge in [-0.15, -0.1) is 0 Å². The van der Waals surface area contributed by atoms with Crippen molar-refractivity contribution in [3.05, 3.63) is 35.9 Å². The van der Waals surface area contributed by atoms with E-state index in [0.717, 1.165) is 0 Å². The predicted molar refractivity (Wildman–Crippen MR) is 57.6 cm³/mol. The molecule has 7 heteroatoms. The van der Waals surface area contributed by atoms with Gasteiger partial charge in [-0.25, -0.2) is 14.5 Å². The first-order valence-corrected chi connectivity index (χ1v) is 4.79. The van der Waals surface area contributed by atoms with Crippen molar-refractivity contribution in [1.29, 1.82) is 0 Å². The van der Waals surface area contributed by atoms with E-state index >= 15 is 0 Å². The van der Waals surface area contributed by atoms with Gasteiger partial charge in [-0.3, -0.25) is 4.79 Å². The second-order valence-corrected chi connectivity index (χ2v) is 3.41. The molecule has 0 unspecified atom stereocenters. The Morgan fingerprint density at radius 1 is 1.35 bits per heavy atom. The number of aliphatic imine (C=N–C) groups is 1. The number of aromatic nitrogens is 3. The molecular formula is C10H6FN5O. The van der Waals surface area contributed by atoms with E-state index in [1.54, 1.807) is 0 Å². The Labute approximate surface area is 94.6 Å². The number of H-pyrrole nitrogens is 1. The number of hydrogen-bond donors (Lipinski definition) is 2. The molecule has 1 aromatic heterocycles.